The van der Waals surface area contributed by atoms with Gasteiger partial charge in [-0.25, -0.2) is 5.10 Å². The minimum atomic E-state index is 0.681. The quantitative estimate of drug-likeness (QED) is 0.775. The van der Waals surface area contributed by atoms with Crippen LogP contribution in [0.2, 0.25) is 0 Å². The lowest BCUT2D eigenvalue weighted by molar-refractivity contribution is 0.320. The van der Waals surface area contributed by atoms with E-state index in [-0.39, 0.29) is 0 Å². The van der Waals surface area contributed by atoms with Crippen LogP contribution in [-0.2, 0) is 7.05 Å². The van der Waals surface area contributed by atoms with E-state index in [1.165, 1.54) is 19.3 Å². The number of H-pyrrole nitrogens is 1. The van der Waals surface area contributed by atoms with Crippen LogP contribution in [0.4, 0.5) is 5.95 Å². The molecule has 1 aromatic rings. The summed E-state index contributed by atoms with van der Waals surface area (Å²) >= 11 is 5.07. The Balaban J connectivity index is 2.06. The van der Waals surface area contributed by atoms with Crippen molar-refractivity contribution >= 4 is 18.2 Å². The smallest absolute Gasteiger partial charge is 0.225 e. The van der Waals surface area contributed by atoms with Crippen molar-refractivity contribution in [1.29, 1.82) is 0 Å². The van der Waals surface area contributed by atoms with Gasteiger partial charge < -0.3 is 4.90 Å². The van der Waals surface area contributed by atoms with E-state index in [9.17, 15) is 0 Å². The van der Waals surface area contributed by atoms with Crippen molar-refractivity contribution in [1.82, 2.24) is 14.8 Å². The van der Waals surface area contributed by atoms with Crippen LogP contribution >= 0.6 is 12.2 Å². The molecule has 78 valence electrons. The molecule has 0 amide bonds. The number of nitrogens with zero attached hydrogens (tertiary/aromatic N) is 3. The number of nitrogens with one attached hydrogen (secondary N) is 1. The largest absolute Gasteiger partial charge is 0.344 e. The van der Waals surface area contributed by atoms with Gasteiger partial charge in [-0.1, -0.05) is 6.42 Å². The highest BCUT2D eigenvalue weighted by Gasteiger charge is 2.20. The highest BCUT2D eigenvalue weighted by Crippen LogP contribution is 2.27. The monoisotopic (exact) mass is 212 g/mol. The molecule has 4 nitrogen and oxygen atoms in total. The topological polar surface area (TPSA) is 36.9 Å². The molecule has 1 saturated carbocycles. The predicted octanol–water partition coefficient (Wildman–Crippen LogP) is 1.71. The Morgan fingerprint density at radius 3 is 2.79 bits per heavy atom. The molecule has 0 spiro atoms. The van der Waals surface area contributed by atoms with E-state index in [0.717, 1.165) is 18.4 Å². The summed E-state index contributed by atoms with van der Waals surface area (Å²) in [6.07, 6.45) is 4.11. The van der Waals surface area contributed by atoms with E-state index in [0.29, 0.717) is 4.77 Å². The summed E-state index contributed by atoms with van der Waals surface area (Å²) in [6.45, 7) is 1.09. The standard InChI is InChI=1S/C9H16N4S/c1-12(6-7-4-3-5-7)8-10-11-9(14)13(8)2/h7H,3-6H2,1-2H3,(H,11,14). The van der Waals surface area contributed by atoms with Crippen LogP contribution in [0.15, 0.2) is 0 Å². The van der Waals surface area contributed by atoms with Crippen LogP contribution < -0.4 is 4.90 Å². The molecule has 0 atom stereocenters. The molecule has 1 aliphatic rings. The average molecular weight is 212 g/mol. The highest BCUT2D eigenvalue weighted by molar-refractivity contribution is 7.71. The Morgan fingerprint density at radius 1 is 1.64 bits per heavy atom. The maximum Gasteiger partial charge on any atom is 0.225 e. The molecule has 0 unspecified atom stereocenters. The summed E-state index contributed by atoms with van der Waals surface area (Å²) < 4.78 is 2.59. The fourth-order valence-corrected chi connectivity index (χ4v) is 1.95. The van der Waals surface area contributed by atoms with Crippen LogP contribution in [0.5, 0.6) is 0 Å². The second-order valence-electron chi connectivity index (χ2n) is 4.07. The maximum atomic E-state index is 5.07. The Bertz CT molecular complexity index is 363. The molecule has 1 fully saturated rings. The van der Waals surface area contributed by atoms with E-state index >= 15 is 0 Å². The Morgan fingerprint density at radius 2 is 2.36 bits per heavy atom. The first-order valence-corrected chi connectivity index (χ1v) is 5.42. The summed E-state index contributed by atoms with van der Waals surface area (Å²) in [6, 6.07) is 0. The molecule has 1 N–H and O–H groups in total. The second kappa shape index (κ2) is 3.73. The molecule has 1 aliphatic carbocycles. The van der Waals surface area contributed by atoms with Gasteiger partial charge in [0.2, 0.25) is 5.95 Å². The van der Waals surface area contributed by atoms with Crippen molar-refractivity contribution in [2.75, 3.05) is 18.5 Å². The van der Waals surface area contributed by atoms with Crippen LogP contribution in [0.25, 0.3) is 0 Å². The SMILES string of the molecule is CN(CC1CCC1)c1n[nH]c(=S)n1C. The fourth-order valence-electron chi connectivity index (χ4n) is 1.82. The number of hydrogen-bond acceptors (Lipinski definition) is 3. The van der Waals surface area contributed by atoms with Crippen molar-refractivity contribution < 1.29 is 0 Å². The van der Waals surface area contributed by atoms with E-state index in [1.807, 2.05) is 11.6 Å². The van der Waals surface area contributed by atoms with Gasteiger partial charge in [-0.05, 0) is 31.0 Å². The first-order chi connectivity index (χ1) is 6.68. The zero-order chi connectivity index (χ0) is 10.1. The molecule has 0 aromatic carbocycles. The van der Waals surface area contributed by atoms with Crippen LogP contribution in [0, 0.1) is 10.7 Å². The lowest BCUT2D eigenvalue weighted by atomic mass is 9.85. The van der Waals surface area contributed by atoms with Gasteiger partial charge in [-0.15, -0.1) is 5.10 Å². The molecular weight excluding hydrogens is 196 g/mol. The first kappa shape index (κ1) is 9.71. The van der Waals surface area contributed by atoms with Gasteiger partial charge in [-0.3, -0.25) is 4.57 Å². The van der Waals surface area contributed by atoms with Gasteiger partial charge >= 0.3 is 0 Å². The van der Waals surface area contributed by atoms with Crippen LogP contribution in [-0.4, -0.2) is 28.4 Å². The van der Waals surface area contributed by atoms with E-state index in [4.69, 9.17) is 12.2 Å². The Hall–Kier alpha value is -0.840. The number of hydrogen-bond donors (Lipinski definition) is 1. The van der Waals surface area contributed by atoms with Gasteiger partial charge in [0.15, 0.2) is 4.77 Å². The minimum Gasteiger partial charge on any atom is -0.344 e. The van der Waals surface area contributed by atoms with Crippen molar-refractivity contribution in [2.45, 2.75) is 19.3 Å². The maximum absolute atomic E-state index is 5.07. The third-order valence-electron chi connectivity index (χ3n) is 2.95. The van der Waals surface area contributed by atoms with Crippen LogP contribution in [0.1, 0.15) is 19.3 Å². The first-order valence-electron chi connectivity index (χ1n) is 5.01. The van der Waals surface area contributed by atoms with E-state index < -0.39 is 0 Å². The summed E-state index contributed by atoms with van der Waals surface area (Å²) in [4.78, 5) is 2.18. The second-order valence-corrected chi connectivity index (χ2v) is 4.45. The third-order valence-corrected chi connectivity index (χ3v) is 3.32. The van der Waals surface area contributed by atoms with Crippen molar-refractivity contribution in [3.63, 3.8) is 0 Å². The van der Waals surface area contributed by atoms with Gasteiger partial charge in [0, 0.05) is 20.6 Å². The number of anilines is 1. The highest BCUT2D eigenvalue weighted by atomic mass is 32.1. The van der Waals surface area contributed by atoms with Crippen molar-refractivity contribution in [2.24, 2.45) is 13.0 Å². The van der Waals surface area contributed by atoms with Gasteiger partial charge in [0.25, 0.3) is 0 Å². The number of aromatic nitrogens is 3. The molecule has 0 aliphatic heterocycles. The zero-order valence-electron chi connectivity index (χ0n) is 8.66. The summed E-state index contributed by atoms with van der Waals surface area (Å²) in [7, 11) is 4.02. The average Bonchev–Trinajstić information content (AvgIpc) is 2.41. The lowest BCUT2D eigenvalue weighted by Gasteiger charge is -2.30. The van der Waals surface area contributed by atoms with Crippen molar-refractivity contribution in [3.8, 4) is 0 Å². The minimum absolute atomic E-state index is 0.681. The molecule has 0 bridgehead atoms. The predicted molar refractivity (Wildman–Crippen MR) is 59.0 cm³/mol. The van der Waals surface area contributed by atoms with Gasteiger partial charge in [0.05, 0.1) is 0 Å². The lowest BCUT2D eigenvalue weighted by Crippen LogP contribution is -2.30. The van der Waals surface area contributed by atoms with Gasteiger partial charge in [-0.2, -0.15) is 0 Å². The molecule has 1 heterocycles. The molecular formula is C9H16N4S. The van der Waals surface area contributed by atoms with E-state index in [2.05, 4.69) is 22.1 Å². The molecule has 5 heteroatoms. The summed E-state index contributed by atoms with van der Waals surface area (Å²) in [5.74, 6) is 1.78. The normalized spacial score (nSPS) is 16.7. The number of aromatic amines is 1. The Labute approximate surface area is 88.9 Å². The molecule has 0 radical (unpaired) electrons. The Kier molecular flexibility index (Phi) is 2.58. The number of rotatable bonds is 3. The molecule has 0 saturated heterocycles. The molecule has 1 aromatic heterocycles. The van der Waals surface area contributed by atoms with Crippen molar-refractivity contribution in [3.05, 3.63) is 4.77 Å². The van der Waals surface area contributed by atoms with E-state index in [1.54, 1.807) is 0 Å². The molecule has 14 heavy (non-hydrogen) atoms. The molecule has 2 rings (SSSR count). The fraction of sp³-hybridized carbons (Fsp3) is 0.778. The van der Waals surface area contributed by atoms with Gasteiger partial charge in [0.1, 0.15) is 0 Å². The zero-order valence-corrected chi connectivity index (χ0v) is 9.47. The summed E-state index contributed by atoms with van der Waals surface area (Å²) in [5.41, 5.74) is 0. The summed E-state index contributed by atoms with van der Waals surface area (Å²) in [5, 5.41) is 7.00. The third kappa shape index (κ3) is 1.68. The van der Waals surface area contributed by atoms with Crippen LogP contribution in [0.3, 0.4) is 0 Å².